The van der Waals surface area contributed by atoms with E-state index in [2.05, 4.69) is 48.3 Å². The van der Waals surface area contributed by atoms with Crippen molar-refractivity contribution in [3.8, 4) is 0 Å². The van der Waals surface area contributed by atoms with Crippen LogP contribution < -0.4 is 16.0 Å². The van der Waals surface area contributed by atoms with Crippen LogP contribution in [0.25, 0.3) is 0 Å². The molecule has 31 heavy (non-hydrogen) atoms. The second-order valence-corrected chi connectivity index (χ2v) is 9.27. The number of nitrogens with zero attached hydrogens (tertiary/aromatic N) is 3. The highest BCUT2D eigenvalue weighted by atomic mass is 16.1. The topological polar surface area (TPSA) is 84.1 Å². The van der Waals surface area contributed by atoms with Crippen LogP contribution in [0.2, 0.25) is 0 Å². The Morgan fingerprint density at radius 2 is 1.77 bits per heavy atom. The molecule has 1 fully saturated rings. The number of rotatable bonds is 3. The summed E-state index contributed by atoms with van der Waals surface area (Å²) in [6.07, 6.45) is 5.89. The molecule has 0 spiro atoms. The highest BCUT2D eigenvalue weighted by molar-refractivity contribution is 6.01. The molecule has 3 N–H and O–H groups in total. The molecule has 6 heteroatoms. The highest BCUT2D eigenvalue weighted by Gasteiger charge is 2.38. The minimum atomic E-state index is -0.212. The van der Waals surface area contributed by atoms with Gasteiger partial charge in [-0.3, -0.25) is 4.79 Å². The Bertz CT molecular complexity index is 1030. The largest absolute Gasteiger partial charge is 0.383 e. The molecular weight excluding hydrogens is 386 g/mol. The van der Waals surface area contributed by atoms with Gasteiger partial charge in [0.05, 0.1) is 0 Å². The molecular formula is C25H31N5O. The summed E-state index contributed by atoms with van der Waals surface area (Å²) >= 11 is 0. The first-order chi connectivity index (χ1) is 15.0. The van der Waals surface area contributed by atoms with Gasteiger partial charge < -0.3 is 16.0 Å². The van der Waals surface area contributed by atoms with Crippen LogP contribution in [-0.2, 0) is 4.79 Å². The van der Waals surface area contributed by atoms with Crippen molar-refractivity contribution in [2.45, 2.75) is 64.2 Å². The van der Waals surface area contributed by atoms with Crippen LogP contribution in [0.3, 0.4) is 0 Å². The molecule has 1 atom stereocenters. The lowest BCUT2D eigenvalue weighted by molar-refractivity contribution is -0.116. The van der Waals surface area contributed by atoms with Gasteiger partial charge in [-0.2, -0.15) is 9.97 Å². The molecule has 0 saturated carbocycles. The smallest absolute Gasteiger partial charge is 0.229 e. The quantitative estimate of drug-likeness (QED) is 0.751. The average molecular weight is 418 g/mol. The number of hydrogen-bond acceptors (Lipinski definition) is 6. The predicted molar refractivity (Wildman–Crippen MR) is 124 cm³/mol. The van der Waals surface area contributed by atoms with E-state index in [1.807, 2.05) is 0 Å². The van der Waals surface area contributed by atoms with Crippen LogP contribution in [0.5, 0.6) is 0 Å². The highest BCUT2D eigenvalue weighted by Crippen LogP contribution is 2.47. The van der Waals surface area contributed by atoms with Crippen LogP contribution in [0.4, 0.5) is 17.6 Å². The van der Waals surface area contributed by atoms with Crippen LogP contribution in [0, 0.1) is 0 Å². The third-order valence-corrected chi connectivity index (χ3v) is 6.84. The molecule has 1 aromatic carbocycles. The van der Waals surface area contributed by atoms with E-state index in [1.54, 1.807) is 0 Å². The first-order valence-corrected chi connectivity index (χ1v) is 11.6. The molecule has 6 nitrogen and oxygen atoms in total. The monoisotopic (exact) mass is 417 g/mol. The van der Waals surface area contributed by atoms with Gasteiger partial charge in [0, 0.05) is 42.3 Å². The van der Waals surface area contributed by atoms with Gasteiger partial charge in [0.25, 0.3) is 0 Å². The summed E-state index contributed by atoms with van der Waals surface area (Å²) in [5, 5.41) is 3.48. The van der Waals surface area contributed by atoms with Crippen LogP contribution in [0.15, 0.2) is 35.5 Å². The van der Waals surface area contributed by atoms with E-state index < -0.39 is 0 Å². The summed E-state index contributed by atoms with van der Waals surface area (Å²) in [7, 11) is 0. The molecule has 3 aliphatic rings. The minimum Gasteiger partial charge on any atom is -0.383 e. The Kier molecular flexibility index (Phi) is 5.16. The number of hydrogen-bond donors (Lipinski definition) is 2. The number of nitrogen functional groups attached to an aromatic ring is 1. The van der Waals surface area contributed by atoms with Crippen LogP contribution >= 0.6 is 0 Å². The van der Waals surface area contributed by atoms with Crippen molar-refractivity contribution in [1.29, 1.82) is 0 Å². The third-order valence-electron chi connectivity index (χ3n) is 6.84. The normalized spacial score (nSPS) is 21.1. The van der Waals surface area contributed by atoms with Gasteiger partial charge in [0.15, 0.2) is 5.78 Å². The first kappa shape index (κ1) is 20.0. The van der Waals surface area contributed by atoms with Crippen molar-refractivity contribution in [1.82, 2.24) is 9.97 Å². The van der Waals surface area contributed by atoms with Crippen molar-refractivity contribution in [3.63, 3.8) is 0 Å². The van der Waals surface area contributed by atoms with E-state index >= 15 is 0 Å². The van der Waals surface area contributed by atoms with Gasteiger partial charge in [-0.25, -0.2) is 0 Å². The Morgan fingerprint density at radius 1 is 1.03 bits per heavy atom. The standard InChI is InChI=1S/C25H31N5O/c1-15(2)16-9-11-17(12-10-16)20-21-18(7-6-8-19(21)31)27-24-22(20)23(26)28-25(29-24)30-13-4-3-5-14-30/h9-12,15,20H,3-8,13-14H2,1-2H3,(H3,26,27,28,29). The summed E-state index contributed by atoms with van der Waals surface area (Å²) in [4.78, 5) is 24.9. The lowest BCUT2D eigenvalue weighted by Crippen LogP contribution is -2.33. The maximum atomic E-state index is 13.0. The molecule has 2 aromatic rings. The number of nitrogens with two attached hydrogens (primary N) is 1. The fourth-order valence-electron chi connectivity index (χ4n) is 5.11. The van der Waals surface area contributed by atoms with E-state index in [4.69, 9.17) is 15.7 Å². The maximum Gasteiger partial charge on any atom is 0.229 e. The summed E-state index contributed by atoms with van der Waals surface area (Å²) in [5.74, 6) is 2.39. The van der Waals surface area contributed by atoms with Crippen molar-refractivity contribution in [2.24, 2.45) is 0 Å². The van der Waals surface area contributed by atoms with E-state index in [-0.39, 0.29) is 11.7 Å². The number of nitrogens with one attached hydrogen (secondary N) is 1. The molecule has 3 heterocycles. The third kappa shape index (κ3) is 3.58. The van der Waals surface area contributed by atoms with Gasteiger partial charge >= 0.3 is 0 Å². The Morgan fingerprint density at radius 3 is 2.48 bits per heavy atom. The van der Waals surface area contributed by atoms with Gasteiger partial charge in [-0.05, 0) is 49.1 Å². The number of piperidine rings is 1. The molecule has 1 aromatic heterocycles. The number of aromatic nitrogens is 2. The SMILES string of the molecule is CC(C)c1ccc(C2C3=C(CCCC3=O)Nc3nc(N4CCCCC4)nc(N)c32)cc1. The number of ketones is 1. The van der Waals surface area contributed by atoms with E-state index in [1.165, 1.54) is 12.0 Å². The van der Waals surface area contributed by atoms with Crippen molar-refractivity contribution in [3.05, 3.63) is 52.2 Å². The lowest BCUT2D eigenvalue weighted by Gasteiger charge is -2.35. The Balaban J connectivity index is 1.63. The van der Waals surface area contributed by atoms with E-state index in [9.17, 15) is 4.79 Å². The average Bonchev–Trinajstić information content (AvgIpc) is 2.78. The number of Topliss-reactive ketones (excluding diaryl/α,β-unsaturated/α-hetero) is 1. The summed E-state index contributed by atoms with van der Waals surface area (Å²) in [5.41, 5.74) is 11.6. The van der Waals surface area contributed by atoms with E-state index in [0.717, 1.165) is 67.0 Å². The maximum absolute atomic E-state index is 13.0. The number of carbonyl (C=O) groups excluding carboxylic acids is 1. The zero-order valence-electron chi connectivity index (χ0n) is 18.4. The number of fused-ring (bicyclic) bond motifs is 1. The van der Waals surface area contributed by atoms with Crippen LogP contribution in [0.1, 0.15) is 80.9 Å². The fraction of sp³-hybridized carbons (Fsp3) is 0.480. The molecule has 5 rings (SSSR count). The molecule has 0 amide bonds. The number of benzene rings is 1. The van der Waals surface area contributed by atoms with Gasteiger partial charge in [0.1, 0.15) is 11.6 Å². The summed E-state index contributed by atoms with van der Waals surface area (Å²) in [6.45, 7) is 6.30. The molecule has 1 saturated heterocycles. The van der Waals surface area contributed by atoms with E-state index in [0.29, 0.717) is 24.1 Å². The second-order valence-electron chi connectivity index (χ2n) is 9.27. The molecule has 1 unspecified atom stereocenters. The molecule has 162 valence electrons. The molecule has 2 aliphatic heterocycles. The number of anilines is 3. The lowest BCUT2D eigenvalue weighted by atomic mass is 9.76. The molecule has 0 bridgehead atoms. The summed E-state index contributed by atoms with van der Waals surface area (Å²) in [6, 6.07) is 8.60. The zero-order chi connectivity index (χ0) is 21.5. The van der Waals surface area contributed by atoms with Crippen LogP contribution in [-0.4, -0.2) is 28.8 Å². The van der Waals surface area contributed by atoms with Crippen molar-refractivity contribution in [2.75, 3.05) is 29.0 Å². The fourth-order valence-corrected chi connectivity index (χ4v) is 5.11. The van der Waals surface area contributed by atoms with Gasteiger partial charge in [-0.15, -0.1) is 0 Å². The predicted octanol–water partition coefficient (Wildman–Crippen LogP) is 4.74. The second kappa shape index (κ2) is 7.98. The minimum absolute atomic E-state index is 0.205. The Hall–Kier alpha value is -2.89. The zero-order valence-corrected chi connectivity index (χ0v) is 18.4. The van der Waals surface area contributed by atoms with Crippen molar-refractivity contribution < 1.29 is 4.79 Å². The van der Waals surface area contributed by atoms with Crippen molar-refractivity contribution >= 4 is 23.4 Å². The Labute approximate surface area is 184 Å². The first-order valence-electron chi connectivity index (χ1n) is 11.6. The van der Waals surface area contributed by atoms with Gasteiger partial charge in [-0.1, -0.05) is 38.1 Å². The van der Waals surface area contributed by atoms with Gasteiger partial charge in [0.2, 0.25) is 5.95 Å². The molecule has 1 aliphatic carbocycles. The summed E-state index contributed by atoms with van der Waals surface area (Å²) < 4.78 is 0. The number of carbonyl (C=O) groups is 1. The molecule has 0 radical (unpaired) electrons. The number of allylic oxidation sites excluding steroid dienone is 2.